The molecule has 0 heterocycles. The van der Waals surface area contributed by atoms with Gasteiger partial charge in [0.2, 0.25) is 0 Å². The zero-order valence-corrected chi connectivity index (χ0v) is 17.3. The summed E-state index contributed by atoms with van der Waals surface area (Å²) >= 11 is 0. The molecule has 0 fully saturated rings. The summed E-state index contributed by atoms with van der Waals surface area (Å²) in [7, 11) is 3.18. The number of ether oxygens (including phenoxy) is 3. The van der Waals surface area contributed by atoms with Gasteiger partial charge in [0.15, 0.2) is 11.5 Å². The number of carbonyl (C=O) groups is 1. The molecular weight excluding hydrogens is 356 g/mol. The second-order valence-electron chi connectivity index (χ2n) is 7.45. The lowest BCUT2D eigenvalue weighted by atomic mass is 10.1. The zero-order chi connectivity index (χ0) is 20.6. The Kier molecular flexibility index (Phi) is 7.70. The van der Waals surface area contributed by atoms with Gasteiger partial charge in [0.25, 0.3) is 0 Å². The van der Waals surface area contributed by atoms with E-state index in [1.807, 2.05) is 63.2 Å². The normalized spacial score (nSPS) is 11.0. The highest BCUT2D eigenvalue weighted by Crippen LogP contribution is 2.27. The van der Waals surface area contributed by atoms with Crippen LogP contribution >= 0.6 is 0 Å². The molecule has 2 aromatic carbocycles. The molecule has 2 N–H and O–H groups in total. The van der Waals surface area contributed by atoms with Crippen LogP contribution in [0.4, 0.5) is 4.79 Å². The highest BCUT2D eigenvalue weighted by atomic mass is 16.5. The van der Waals surface area contributed by atoms with Crippen molar-refractivity contribution in [2.45, 2.75) is 46.1 Å². The van der Waals surface area contributed by atoms with Gasteiger partial charge in [0.05, 0.1) is 26.4 Å². The average Bonchev–Trinajstić information content (AvgIpc) is 2.68. The SMILES string of the molecule is COc1ccc(CNC(=O)NCc2cccc(COC(C)(C)C)c2)cc1OC. The summed E-state index contributed by atoms with van der Waals surface area (Å²) in [5.41, 5.74) is 2.85. The van der Waals surface area contributed by atoms with E-state index in [1.165, 1.54) is 0 Å². The van der Waals surface area contributed by atoms with E-state index in [9.17, 15) is 4.79 Å². The molecule has 6 nitrogen and oxygen atoms in total. The summed E-state index contributed by atoms with van der Waals surface area (Å²) in [6.07, 6.45) is 0. The fourth-order valence-electron chi connectivity index (χ4n) is 2.55. The number of carbonyl (C=O) groups excluding carboxylic acids is 1. The third-order valence-electron chi connectivity index (χ3n) is 4.02. The molecule has 0 radical (unpaired) electrons. The predicted molar refractivity (Wildman–Crippen MR) is 110 cm³/mol. The lowest BCUT2D eigenvalue weighted by Crippen LogP contribution is -2.34. The maximum Gasteiger partial charge on any atom is 0.315 e. The maximum atomic E-state index is 12.1. The summed E-state index contributed by atoms with van der Waals surface area (Å²) in [6, 6.07) is 13.3. The Balaban J connectivity index is 1.82. The summed E-state index contributed by atoms with van der Waals surface area (Å²) in [5.74, 6) is 1.29. The zero-order valence-electron chi connectivity index (χ0n) is 17.3. The first-order valence-electron chi connectivity index (χ1n) is 9.25. The van der Waals surface area contributed by atoms with E-state index in [1.54, 1.807) is 14.2 Å². The molecule has 0 unspecified atom stereocenters. The topological polar surface area (TPSA) is 68.8 Å². The molecular formula is C22H30N2O4. The van der Waals surface area contributed by atoms with Gasteiger partial charge in [-0.3, -0.25) is 0 Å². The van der Waals surface area contributed by atoms with E-state index in [4.69, 9.17) is 14.2 Å². The fourth-order valence-corrected chi connectivity index (χ4v) is 2.55. The molecule has 0 aliphatic heterocycles. The molecule has 0 saturated heterocycles. The van der Waals surface area contributed by atoms with Gasteiger partial charge in [-0.25, -0.2) is 4.79 Å². The van der Waals surface area contributed by atoms with Gasteiger partial charge in [-0.1, -0.05) is 30.3 Å². The molecule has 2 aromatic rings. The first kappa shape index (κ1) is 21.6. The molecule has 2 amide bonds. The van der Waals surface area contributed by atoms with E-state index >= 15 is 0 Å². The Morgan fingerprint density at radius 3 is 2.07 bits per heavy atom. The van der Waals surface area contributed by atoms with Crippen LogP contribution in [-0.2, 0) is 24.4 Å². The number of rotatable bonds is 8. The van der Waals surface area contributed by atoms with Crippen molar-refractivity contribution in [3.63, 3.8) is 0 Å². The van der Waals surface area contributed by atoms with Crippen LogP contribution in [0.5, 0.6) is 11.5 Å². The number of methoxy groups -OCH3 is 2. The van der Waals surface area contributed by atoms with Crippen molar-refractivity contribution in [2.75, 3.05) is 14.2 Å². The number of nitrogens with one attached hydrogen (secondary N) is 2. The molecule has 0 aliphatic rings. The molecule has 0 spiro atoms. The van der Waals surface area contributed by atoms with E-state index in [2.05, 4.69) is 10.6 Å². The monoisotopic (exact) mass is 386 g/mol. The summed E-state index contributed by atoms with van der Waals surface area (Å²) in [5, 5.41) is 5.72. The smallest absolute Gasteiger partial charge is 0.315 e. The highest BCUT2D eigenvalue weighted by molar-refractivity contribution is 5.73. The van der Waals surface area contributed by atoms with Gasteiger partial charge in [-0.15, -0.1) is 0 Å². The molecule has 0 saturated carbocycles. The summed E-state index contributed by atoms with van der Waals surface area (Å²) < 4.78 is 16.3. The van der Waals surface area contributed by atoms with Crippen molar-refractivity contribution in [1.29, 1.82) is 0 Å². The van der Waals surface area contributed by atoms with Crippen molar-refractivity contribution >= 4 is 6.03 Å². The maximum absolute atomic E-state index is 12.1. The Hall–Kier alpha value is -2.73. The third-order valence-corrected chi connectivity index (χ3v) is 4.02. The summed E-state index contributed by atoms with van der Waals surface area (Å²) in [6.45, 7) is 7.47. The third kappa shape index (κ3) is 7.12. The fraction of sp³-hybridized carbons (Fsp3) is 0.409. The van der Waals surface area contributed by atoms with Crippen LogP contribution in [0.3, 0.4) is 0 Å². The number of urea groups is 1. The minimum atomic E-state index is -0.230. The molecule has 0 atom stereocenters. The quantitative estimate of drug-likeness (QED) is 0.719. The minimum Gasteiger partial charge on any atom is -0.493 e. The van der Waals surface area contributed by atoms with E-state index in [-0.39, 0.29) is 11.6 Å². The van der Waals surface area contributed by atoms with Crippen molar-refractivity contribution in [1.82, 2.24) is 10.6 Å². The van der Waals surface area contributed by atoms with E-state index in [0.29, 0.717) is 31.2 Å². The molecule has 0 aliphatic carbocycles. The number of hydrogen-bond acceptors (Lipinski definition) is 4. The van der Waals surface area contributed by atoms with Crippen molar-refractivity contribution in [3.05, 3.63) is 59.2 Å². The molecule has 2 rings (SSSR count). The summed E-state index contributed by atoms with van der Waals surface area (Å²) in [4.78, 5) is 12.1. The molecule has 0 bridgehead atoms. The Bertz CT molecular complexity index is 784. The Labute approximate surface area is 167 Å². The van der Waals surface area contributed by atoms with Gasteiger partial charge in [0, 0.05) is 13.1 Å². The number of hydrogen-bond donors (Lipinski definition) is 2. The molecule has 28 heavy (non-hydrogen) atoms. The van der Waals surface area contributed by atoms with Crippen LogP contribution in [0.2, 0.25) is 0 Å². The molecule has 0 aromatic heterocycles. The average molecular weight is 386 g/mol. The van der Waals surface area contributed by atoms with Crippen LogP contribution in [0.1, 0.15) is 37.5 Å². The largest absolute Gasteiger partial charge is 0.493 e. The van der Waals surface area contributed by atoms with Gasteiger partial charge in [-0.2, -0.15) is 0 Å². The Morgan fingerprint density at radius 2 is 1.46 bits per heavy atom. The minimum absolute atomic E-state index is 0.182. The lowest BCUT2D eigenvalue weighted by Gasteiger charge is -2.19. The molecule has 152 valence electrons. The van der Waals surface area contributed by atoms with E-state index in [0.717, 1.165) is 16.7 Å². The van der Waals surface area contributed by atoms with Crippen LogP contribution in [0, 0.1) is 0 Å². The van der Waals surface area contributed by atoms with Gasteiger partial charge >= 0.3 is 6.03 Å². The number of amides is 2. The van der Waals surface area contributed by atoms with Crippen molar-refractivity contribution < 1.29 is 19.0 Å². The first-order valence-corrected chi connectivity index (χ1v) is 9.25. The highest BCUT2D eigenvalue weighted by Gasteiger charge is 2.10. The molecule has 6 heteroatoms. The number of benzene rings is 2. The van der Waals surface area contributed by atoms with Gasteiger partial charge in [0.1, 0.15) is 0 Å². The van der Waals surface area contributed by atoms with Gasteiger partial charge in [-0.05, 0) is 49.6 Å². The van der Waals surface area contributed by atoms with Crippen LogP contribution in [0.25, 0.3) is 0 Å². The lowest BCUT2D eigenvalue weighted by molar-refractivity contribution is -0.0149. The second-order valence-corrected chi connectivity index (χ2v) is 7.45. The van der Waals surface area contributed by atoms with Crippen molar-refractivity contribution in [3.8, 4) is 11.5 Å². The van der Waals surface area contributed by atoms with Crippen molar-refractivity contribution in [2.24, 2.45) is 0 Å². The predicted octanol–water partition coefficient (Wildman–Crippen LogP) is 4.02. The van der Waals surface area contributed by atoms with Gasteiger partial charge < -0.3 is 24.8 Å². The Morgan fingerprint density at radius 1 is 0.857 bits per heavy atom. The standard InChI is InChI=1S/C22H30N2O4/c1-22(2,3)28-15-18-8-6-7-16(11-18)13-23-21(25)24-14-17-9-10-19(26-4)20(12-17)27-5/h6-12H,13-15H2,1-5H3,(H2,23,24,25). The second kappa shape index (κ2) is 9.99. The first-order chi connectivity index (χ1) is 13.3. The van der Waals surface area contributed by atoms with Crippen LogP contribution in [-0.4, -0.2) is 25.9 Å². The van der Waals surface area contributed by atoms with E-state index < -0.39 is 0 Å². The van der Waals surface area contributed by atoms with Crippen LogP contribution < -0.4 is 20.1 Å². The van der Waals surface area contributed by atoms with Crippen LogP contribution in [0.15, 0.2) is 42.5 Å².